The van der Waals surface area contributed by atoms with E-state index in [-0.39, 0.29) is 12.8 Å². The number of hydrogen-bond acceptors (Lipinski definition) is 13. The molecule has 0 aromatic carbocycles. The van der Waals surface area contributed by atoms with Gasteiger partial charge in [-0.1, -0.05) is 147 Å². The molecule has 1 aliphatic carbocycles. The van der Waals surface area contributed by atoms with E-state index in [9.17, 15) is 49.7 Å². The van der Waals surface area contributed by atoms with Crippen molar-refractivity contribution in [2.75, 3.05) is 13.2 Å². The molecule has 1 saturated carbocycles. The highest BCUT2D eigenvalue weighted by Gasteiger charge is 2.51. The van der Waals surface area contributed by atoms with Crippen LogP contribution < -0.4 is 0 Å². The smallest absolute Gasteiger partial charge is 0.462 e. The Morgan fingerprint density at radius 2 is 1.12 bits per heavy atom. The number of esters is 2. The Morgan fingerprint density at radius 3 is 1.67 bits per heavy atom. The number of carbonyl (C=O) groups excluding carboxylic acids is 2. The lowest BCUT2D eigenvalue weighted by Crippen LogP contribution is -2.64. The van der Waals surface area contributed by atoms with Gasteiger partial charge >= 0.3 is 19.8 Å². The number of hydrogen-bond donors (Lipinski definition) is 7. The van der Waals surface area contributed by atoms with Crippen LogP contribution in [0, 0.1) is 0 Å². The zero-order valence-corrected chi connectivity index (χ0v) is 36.1. The predicted octanol–water partition coefficient (Wildman–Crippen LogP) is 6.80. The number of phosphoric ester groups is 1. The quantitative estimate of drug-likeness (QED) is 0.0114. The Bertz CT molecular complexity index is 1180. The molecule has 0 radical (unpaired) electrons. The van der Waals surface area contributed by atoms with E-state index >= 15 is 0 Å². The first-order chi connectivity index (χ1) is 27.8. The molecule has 7 unspecified atom stereocenters. The van der Waals surface area contributed by atoms with E-state index < -0.39 is 81.8 Å². The Labute approximate surface area is 347 Å². The van der Waals surface area contributed by atoms with Crippen LogP contribution in [0.4, 0.5) is 0 Å². The lowest BCUT2D eigenvalue weighted by molar-refractivity contribution is -0.220. The van der Waals surface area contributed by atoms with Crippen LogP contribution in [0.15, 0.2) is 36.5 Å². The van der Waals surface area contributed by atoms with Crippen LogP contribution in [0.2, 0.25) is 0 Å². The number of ether oxygens (including phenoxy) is 2. The van der Waals surface area contributed by atoms with Crippen molar-refractivity contribution < 1.29 is 68.2 Å². The minimum Gasteiger partial charge on any atom is -0.462 e. The van der Waals surface area contributed by atoms with Gasteiger partial charge in [0, 0.05) is 12.8 Å². The normalized spacial score (nSPS) is 23.4. The first kappa shape index (κ1) is 54.0. The Morgan fingerprint density at radius 1 is 0.621 bits per heavy atom. The minimum atomic E-state index is -5.13. The number of unbranched alkanes of at least 4 members (excludes halogenated alkanes) is 17. The summed E-state index contributed by atoms with van der Waals surface area (Å²) in [5.41, 5.74) is 0. The molecule has 338 valence electrons. The van der Waals surface area contributed by atoms with Gasteiger partial charge in [0.05, 0.1) is 12.7 Å². The number of phosphoric acid groups is 1. The Balaban J connectivity index is 2.52. The van der Waals surface area contributed by atoms with Crippen LogP contribution in [0.1, 0.15) is 162 Å². The second-order valence-corrected chi connectivity index (χ2v) is 16.8. The van der Waals surface area contributed by atoms with Crippen LogP contribution in [-0.2, 0) is 32.7 Å². The van der Waals surface area contributed by atoms with Gasteiger partial charge in [0.1, 0.15) is 43.2 Å². The third-order valence-corrected chi connectivity index (χ3v) is 11.1. The zero-order valence-electron chi connectivity index (χ0n) is 35.2. The van der Waals surface area contributed by atoms with Crippen LogP contribution in [-0.4, -0.2) is 110 Å². The van der Waals surface area contributed by atoms with Crippen molar-refractivity contribution in [2.24, 2.45) is 0 Å². The maximum absolute atomic E-state index is 12.8. The topological polar surface area (TPSA) is 230 Å². The highest BCUT2D eigenvalue weighted by Crippen LogP contribution is 2.47. The number of aliphatic hydroxyl groups excluding tert-OH is 6. The third-order valence-electron chi connectivity index (χ3n) is 10.1. The summed E-state index contributed by atoms with van der Waals surface area (Å²) in [5, 5.41) is 59.9. The second kappa shape index (κ2) is 33.7. The maximum atomic E-state index is 12.8. The summed E-state index contributed by atoms with van der Waals surface area (Å²) in [5.74, 6) is -1.15. The van der Waals surface area contributed by atoms with E-state index in [1.165, 1.54) is 57.8 Å². The Hall–Kier alpha value is -1.97. The molecule has 0 spiro atoms. The predicted molar refractivity (Wildman–Crippen MR) is 222 cm³/mol. The van der Waals surface area contributed by atoms with E-state index in [4.69, 9.17) is 18.5 Å². The molecule has 0 amide bonds. The van der Waals surface area contributed by atoms with Gasteiger partial charge in [-0.3, -0.25) is 18.6 Å². The minimum absolute atomic E-state index is 0.0513. The third kappa shape index (κ3) is 26.3. The average Bonchev–Trinajstić information content (AvgIpc) is 3.19. The van der Waals surface area contributed by atoms with Gasteiger partial charge in [-0.15, -0.1) is 0 Å². The molecule has 1 aliphatic rings. The monoisotopic (exact) mass is 849 g/mol. The lowest BCUT2D eigenvalue weighted by Gasteiger charge is -2.41. The molecule has 0 heterocycles. The molecule has 0 aromatic heterocycles. The molecule has 1 rings (SSSR count). The standard InChI is InChI=1S/C43H77O14P/c1-3-5-7-8-9-10-11-12-13-16-19-22-26-30-36(45)54-32-35(33-55-58(52,53)57-43-41(50)39(48)38(47)40(49)42(43)51)56-37(46)31-27-23-20-17-14-15-18-21-25-29-34(44)28-24-6-4-2/h6,18,21,24-25,29,34-35,38-44,47-51H,3-5,7-17,19-20,22-23,26-28,30-33H2,1-2H3,(H,52,53)/b21-18+,24-6+,29-25+. The number of rotatable bonds is 35. The molecule has 7 atom stereocenters. The summed E-state index contributed by atoms with van der Waals surface area (Å²) in [4.78, 5) is 35.6. The van der Waals surface area contributed by atoms with E-state index in [1.54, 1.807) is 6.08 Å². The first-order valence-electron chi connectivity index (χ1n) is 21.9. The largest absolute Gasteiger partial charge is 0.472 e. The zero-order chi connectivity index (χ0) is 43.0. The van der Waals surface area contributed by atoms with Crippen molar-refractivity contribution in [1.29, 1.82) is 0 Å². The van der Waals surface area contributed by atoms with Gasteiger partial charge in [-0.05, 0) is 38.5 Å². The summed E-state index contributed by atoms with van der Waals surface area (Å²) in [6.07, 6.45) is 19.6. The summed E-state index contributed by atoms with van der Waals surface area (Å²) in [7, 11) is -5.13. The van der Waals surface area contributed by atoms with Crippen LogP contribution >= 0.6 is 7.82 Å². The van der Waals surface area contributed by atoms with Gasteiger partial charge in [0.25, 0.3) is 0 Å². The summed E-state index contributed by atoms with van der Waals surface area (Å²) in [6.45, 7) is 3.05. The highest BCUT2D eigenvalue weighted by atomic mass is 31.2. The summed E-state index contributed by atoms with van der Waals surface area (Å²) < 4.78 is 33.4. The lowest BCUT2D eigenvalue weighted by atomic mass is 9.85. The molecule has 1 fully saturated rings. The van der Waals surface area contributed by atoms with Gasteiger partial charge in [0.2, 0.25) is 0 Å². The van der Waals surface area contributed by atoms with Crippen molar-refractivity contribution in [3.8, 4) is 0 Å². The highest BCUT2D eigenvalue weighted by molar-refractivity contribution is 7.47. The number of aliphatic hydroxyl groups is 6. The maximum Gasteiger partial charge on any atom is 0.472 e. The van der Waals surface area contributed by atoms with E-state index in [0.717, 1.165) is 57.8 Å². The van der Waals surface area contributed by atoms with Crippen molar-refractivity contribution in [1.82, 2.24) is 0 Å². The molecular weight excluding hydrogens is 771 g/mol. The van der Waals surface area contributed by atoms with E-state index in [0.29, 0.717) is 19.3 Å². The molecule has 0 aliphatic heterocycles. The van der Waals surface area contributed by atoms with E-state index in [2.05, 4.69) is 6.92 Å². The molecule has 7 N–H and O–H groups in total. The second-order valence-electron chi connectivity index (χ2n) is 15.4. The van der Waals surface area contributed by atoms with Crippen molar-refractivity contribution in [3.63, 3.8) is 0 Å². The molecule has 14 nitrogen and oxygen atoms in total. The fourth-order valence-electron chi connectivity index (χ4n) is 6.50. The molecule has 58 heavy (non-hydrogen) atoms. The van der Waals surface area contributed by atoms with E-state index in [1.807, 2.05) is 37.3 Å². The molecule has 0 bridgehead atoms. The van der Waals surface area contributed by atoms with Crippen LogP contribution in [0.3, 0.4) is 0 Å². The average molecular weight is 849 g/mol. The van der Waals surface area contributed by atoms with Gasteiger partial charge in [-0.25, -0.2) is 4.57 Å². The molecule has 15 heteroatoms. The van der Waals surface area contributed by atoms with Gasteiger partial charge in [0.15, 0.2) is 6.10 Å². The molecular formula is C43H77O14P. The van der Waals surface area contributed by atoms with Crippen molar-refractivity contribution in [3.05, 3.63) is 36.5 Å². The van der Waals surface area contributed by atoms with Gasteiger partial charge < -0.3 is 45.0 Å². The first-order valence-corrected chi connectivity index (χ1v) is 23.4. The van der Waals surface area contributed by atoms with Crippen LogP contribution in [0.25, 0.3) is 0 Å². The molecule has 0 aromatic rings. The van der Waals surface area contributed by atoms with Crippen LogP contribution in [0.5, 0.6) is 0 Å². The fourth-order valence-corrected chi connectivity index (χ4v) is 7.47. The van der Waals surface area contributed by atoms with Crippen molar-refractivity contribution >= 4 is 19.8 Å². The summed E-state index contributed by atoms with van der Waals surface area (Å²) >= 11 is 0. The summed E-state index contributed by atoms with van der Waals surface area (Å²) in [6, 6.07) is 0. The van der Waals surface area contributed by atoms with Gasteiger partial charge in [-0.2, -0.15) is 0 Å². The SMILES string of the molecule is CC/C=C/CC(O)/C=C/C=C/CCCCCCCC(=O)OC(COC(=O)CCCCCCCCCCCCCCC)COP(=O)(O)OC1C(O)C(O)C(O)C(O)C1O. The number of allylic oxidation sites excluding steroid dienone is 4. The Kier molecular flexibility index (Phi) is 31.4. The van der Waals surface area contributed by atoms with Crippen molar-refractivity contribution in [2.45, 2.75) is 210 Å². The fraction of sp³-hybridized carbons (Fsp3) is 0.814. The number of carbonyl (C=O) groups is 2. The molecule has 0 saturated heterocycles.